The summed E-state index contributed by atoms with van der Waals surface area (Å²) in [7, 11) is 0. The molecular weight excluding hydrogens is 390 g/mol. The zero-order valence-corrected chi connectivity index (χ0v) is 16.3. The third-order valence-corrected chi connectivity index (χ3v) is 4.30. The number of hydrogen-bond acceptors (Lipinski definition) is 3. The lowest BCUT2D eigenvalue weighted by Crippen LogP contribution is -2.41. The molecule has 7 heteroatoms. The zero-order valence-electron chi connectivity index (χ0n) is 15.5. The van der Waals surface area contributed by atoms with Gasteiger partial charge in [0.1, 0.15) is 0 Å². The average Bonchev–Trinajstić information content (AvgIpc) is 2.72. The molecule has 0 spiro atoms. The number of amides is 3. The van der Waals surface area contributed by atoms with E-state index < -0.39 is 11.8 Å². The largest absolute Gasteiger partial charge is 0.322 e. The summed E-state index contributed by atoms with van der Waals surface area (Å²) >= 11 is 5.85. The van der Waals surface area contributed by atoms with E-state index in [0.29, 0.717) is 27.4 Å². The Balaban J connectivity index is 1.57. The third kappa shape index (κ3) is 5.43. The molecule has 3 N–H and O–H groups in total. The summed E-state index contributed by atoms with van der Waals surface area (Å²) < 4.78 is 0. The first kappa shape index (κ1) is 20.1. The van der Waals surface area contributed by atoms with E-state index in [2.05, 4.69) is 16.2 Å². The summed E-state index contributed by atoms with van der Waals surface area (Å²) in [5.74, 6) is -1.21. The zero-order chi connectivity index (χ0) is 20.8. The molecule has 0 aliphatic heterocycles. The molecule has 146 valence electrons. The molecule has 0 aliphatic rings. The first-order valence-electron chi connectivity index (χ1n) is 8.77. The Morgan fingerprint density at radius 2 is 1.28 bits per heavy atom. The minimum atomic E-state index is -0.489. The van der Waals surface area contributed by atoms with E-state index in [4.69, 9.17) is 11.6 Å². The quantitative estimate of drug-likeness (QED) is 0.572. The van der Waals surface area contributed by atoms with Gasteiger partial charge >= 0.3 is 0 Å². The second-order valence-corrected chi connectivity index (χ2v) is 6.76. The summed E-state index contributed by atoms with van der Waals surface area (Å²) in [5.41, 5.74) is 7.41. The van der Waals surface area contributed by atoms with Gasteiger partial charge in [-0.2, -0.15) is 0 Å². The average molecular weight is 408 g/mol. The molecular formula is C22H18ClN3O3. The van der Waals surface area contributed by atoms with Crippen molar-refractivity contribution in [3.8, 4) is 0 Å². The first-order valence-corrected chi connectivity index (χ1v) is 9.14. The van der Waals surface area contributed by atoms with Crippen LogP contribution in [0.2, 0.25) is 5.02 Å². The fourth-order valence-electron chi connectivity index (χ4n) is 2.58. The first-order chi connectivity index (χ1) is 13.9. The molecule has 3 amide bonds. The molecule has 0 aromatic heterocycles. The molecule has 0 saturated carbocycles. The summed E-state index contributed by atoms with van der Waals surface area (Å²) in [6, 6.07) is 19.9. The van der Waals surface area contributed by atoms with E-state index in [1.165, 1.54) is 6.07 Å². The van der Waals surface area contributed by atoms with Crippen LogP contribution in [0.1, 0.15) is 36.6 Å². The Kier molecular flexibility index (Phi) is 6.26. The number of nitrogens with one attached hydrogen (secondary N) is 3. The fourth-order valence-corrected chi connectivity index (χ4v) is 2.77. The van der Waals surface area contributed by atoms with Gasteiger partial charge in [0.05, 0.1) is 0 Å². The third-order valence-electron chi connectivity index (χ3n) is 4.06. The van der Waals surface area contributed by atoms with Crippen molar-refractivity contribution in [2.75, 3.05) is 5.32 Å². The smallest absolute Gasteiger partial charge is 0.269 e. The van der Waals surface area contributed by atoms with Crippen molar-refractivity contribution in [3.63, 3.8) is 0 Å². The van der Waals surface area contributed by atoms with Gasteiger partial charge in [0.2, 0.25) is 0 Å². The minimum Gasteiger partial charge on any atom is -0.322 e. The lowest BCUT2D eigenvalue weighted by molar-refractivity contribution is 0.0846. The molecule has 29 heavy (non-hydrogen) atoms. The Morgan fingerprint density at radius 1 is 0.690 bits per heavy atom. The summed E-state index contributed by atoms with van der Waals surface area (Å²) in [4.78, 5) is 36.5. The Hall–Kier alpha value is -3.64. The van der Waals surface area contributed by atoms with Crippen LogP contribution < -0.4 is 16.2 Å². The monoisotopic (exact) mass is 407 g/mol. The van der Waals surface area contributed by atoms with Gasteiger partial charge in [-0.25, -0.2) is 0 Å². The number of carbonyl (C=O) groups excluding carboxylic acids is 3. The molecule has 0 bridgehead atoms. The number of carbonyl (C=O) groups is 3. The van der Waals surface area contributed by atoms with Crippen LogP contribution in [0.4, 0.5) is 5.69 Å². The molecule has 3 rings (SSSR count). The predicted molar refractivity (Wildman–Crippen MR) is 112 cm³/mol. The van der Waals surface area contributed by atoms with Crippen LogP contribution in [0, 0.1) is 6.92 Å². The van der Waals surface area contributed by atoms with Gasteiger partial charge in [-0.05, 0) is 61.5 Å². The van der Waals surface area contributed by atoms with Crippen LogP contribution in [-0.4, -0.2) is 17.7 Å². The normalized spacial score (nSPS) is 10.1. The molecule has 0 unspecified atom stereocenters. The highest BCUT2D eigenvalue weighted by molar-refractivity contribution is 6.31. The SMILES string of the molecule is Cc1cccc(C(=O)Nc2ccc(C(=O)NNC(=O)c3cccc(Cl)c3)cc2)c1. The van der Waals surface area contributed by atoms with Gasteiger partial charge in [-0.3, -0.25) is 25.2 Å². The van der Waals surface area contributed by atoms with Crippen LogP contribution in [0.25, 0.3) is 0 Å². The van der Waals surface area contributed by atoms with Gasteiger partial charge in [0, 0.05) is 27.4 Å². The number of halogens is 1. The van der Waals surface area contributed by atoms with Crippen LogP contribution in [0.15, 0.2) is 72.8 Å². The Morgan fingerprint density at radius 3 is 1.90 bits per heavy atom. The summed E-state index contributed by atoms with van der Waals surface area (Å²) in [6.45, 7) is 1.91. The fraction of sp³-hybridized carbons (Fsp3) is 0.0455. The highest BCUT2D eigenvalue weighted by atomic mass is 35.5. The maximum absolute atomic E-state index is 12.3. The van der Waals surface area contributed by atoms with Gasteiger partial charge in [0.15, 0.2) is 0 Å². The van der Waals surface area contributed by atoms with E-state index in [9.17, 15) is 14.4 Å². The van der Waals surface area contributed by atoms with Gasteiger partial charge in [0.25, 0.3) is 17.7 Å². The molecule has 3 aromatic rings. The van der Waals surface area contributed by atoms with Crippen molar-refractivity contribution in [2.24, 2.45) is 0 Å². The number of hydrogen-bond donors (Lipinski definition) is 3. The van der Waals surface area contributed by atoms with E-state index in [1.54, 1.807) is 54.6 Å². The summed E-state index contributed by atoms with van der Waals surface area (Å²) in [5, 5.41) is 3.20. The Labute approximate surface area is 172 Å². The number of benzene rings is 3. The molecule has 0 aliphatic carbocycles. The van der Waals surface area contributed by atoms with Crippen molar-refractivity contribution in [1.29, 1.82) is 0 Å². The van der Waals surface area contributed by atoms with E-state index in [1.807, 2.05) is 19.1 Å². The number of anilines is 1. The molecule has 0 fully saturated rings. The second-order valence-electron chi connectivity index (χ2n) is 6.32. The van der Waals surface area contributed by atoms with Crippen LogP contribution in [-0.2, 0) is 0 Å². The molecule has 6 nitrogen and oxygen atoms in total. The Bertz CT molecular complexity index is 1060. The maximum atomic E-state index is 12.3. The topological polar surface area (TPSA) is 87.3 Å². The van der Waals surface area contributed by atoms with Gasteiger partial charge in [-0.1, -0.05) is 35.4 Å². The molecule has 0 atom stereocenters. The van der Waals surface area contributed by atoms with Crippen molar-refractivity contribution < 1.29 is 14.4 Å². The van der Waals surface area contributed by atoms with Crippen LogP contribution in [0.5, 0.6) is 0 Å². The minimum absolute atomic E-state index is 0.236. The number of rotatable bonds is 4. The number of aryl methyl sites for hydroxylation is 1. The summed E-state index contributed by atoms with van der Waals surface area (Å²) in [6.07, 6.45) is 0. The highest BCUT2D eigenvalue weighted by Gasteiger charge is 2.11. The van der Waals surface area contributed by atoms with Crippen LogP contribution >= 0.6 is 11.6 Å². The lowest BCUT2D eigenvalue weighted by Gasteiger charge is -2.09. The molecule has 0 heterocycles. The van der Waals surface area contributed by atoms with E-state index in [0.717, 1.165) is 5.56 Å². The lowest BCUT2D eigenvalue weighted by atomic mass is 10.1. The van der Waals surface area contributed by atoms with Gasteiger partial charge in [-0.15, -0.1) is 0 Å². The van der Waals surface area contributed by atoms with Crippen LogP contribution in [0.3, 0.4) is 0 Å². The molecule has 0 radical (unpaired) electrons. The number of hydrazine groups is 1. The predicted octanol–water partition coefficient (Wildman–Crippen LogP) is 3.98. The van der Waals surface area contributed by atoms with E-state index in [-0.39, 0.29) is 5.91 Å². The van der Waals surface area contributed by atoms with E-state index >= 15 is 0 Å². The maximum Gasteiger partial charge on any atom is 0.269 e. The van der Waals surface area contributed by atoms with Crippen molar-refractivity contribution in [1.82, 2.24) is 10.9 Å². The van der Waals surface area contributed by atoms with Crippen molar-refractivity contribution >= 4 is 35.0 Å². The van der Waals surface area contributed by atoms with Crippen molar-refractivity contribution in [3.05, 3.63) is 100 Å². The van der Waals surface area contributed by atoms with Gasteiger partial charge < -0.3 is 5.32 Å². The van der Waals surface area contributed by atoms with Crippen molar-refractivity contribution in [2.45, 2.75) is 6.92 Å². The molecule has 3 aromatic carbocycles. The standard InChI is InChI=1S/C22H18ClN3O3/c1-14-4-2-5-16(12-14)20(27)24-19-10-8-15(9-11-19)21(28)25-26-22(29)17-6-3-7-18(23)13-17/h2-13H,1H3,(H,24,27)(H,25,28)(H,26,29). The highest BCUT2D eigenvalue weighted by Crippen LogP contribution is 2.13. The molecule has 0 saturated heterocycles. The second kappa shape index (κ2) is 9.03.